The van der Waals surface area contributed by atoms with Crippen LogP contribution in [-0.2, 0) is 0 Å². The molecule has 1 aliphatic rings. The van der Waals surface area contributed by atoms with Crippen molar-refractivity contribution >= 4 is 16.7 Å². The maximum atomic E-state index is 4.84. The topological polar surface area (TPSA) is 19.4 Å². The molecule has 1 aromatic carbocycles. The number of hydrogen-bond donors (Lipinski definition) is 0. The van der Waals surface area contributed by atoms with Gasteiger partial charge in [0, 0.05) is 31.6 Å². The number of unbranched alkanes of at least 4 members (excludes halogenated alkanes) is 5. The lowest BCUT2D eigenvalue weighted by Gasteiger charge is -2.35. The van der Waals surface area contributed by atoms with Gasteiger partial charge in [0.1, 0.15) is 5.82 Å². The van der Waals surface area contributed by atoms with Crippen LogP contribution in [0, 0.1) is 0 Å². The Labute approximate surface area is 146 Å². The van der Waals surface area contributed by atoms with E-state index in [1.807, 2.05) is 0 Å². The summed E-state index contributed by atoms with van der Waals surface area (Å²) in [4.78, 5) is 9.89. The summed E-state index contributed by atoms with van der Waals surface area (Å²) in [7, 11) is 0. The first-order chi connectivity index (χ1) is 11.9. The number of rotatable bonds is 8. The van der Waals surface area contributed by atoms with E-state index in [-0.39, 0.29) is 0 Å². The quantitative estimate of drug-likeness (QED) is 0.655. The van der Waals surface area contributed by atoms with Gasteiger partial charge in [-0.3, -0.25) is 4.90 Å². The smallest absolute Gasteiger partial charge is 0.129 e. The van der Waals surface area contributed by atoms with E-state index < -0.39 is 0 Å². The zero-order valence-corrected chi connectivity index (χ0v) is 15.1. The standard InChI is InChI=1S/C21H31N3/c1-2-3-4-5-6-9-14-23-15-17-24(18-16-23)21-13-12-19-10-7-8-11-20(19)22-21/h7-8,10-13H,2-6,9,14-18H2,1H3. The number of hydrogen-bond acceptors (Lipinski definition) is 3. The van der Waals surface area contributed by atoms with Crippen LogP contribution in [0.3, 0.4) is 0 Å². The summed E-state index contributed by atoms with van der Waals surface area (Å²) in [5.74, 6) is 1.13. The van der Waals surface area contributed by atoms with Crippen LogP contribution >= 0.6 is 0 Å². The average molecular weight is 326 g/mol. The predicted octanol–water partition coefficient (Wildman–Crippen LogP) is 4.72. The Bertz CT molecular complexity index is 617. The van der Waals surface area contributed by atoms with Gasteiger partial charge in [-0.05, 0) is 31.2 Å². The molecule has 0 radical (unpaired) electrons. The van der Waals surface area contributed by atoms with Crippen molar-refractivity contribution in [3.63, 3.8) is 0 Å². The molecule has 24 heavy (non-hydrogen) atoms. The molecule has 1 aromatic heterocycles. The van der Waals surface area contributed by atoms with Crippen molar-refractivity contribution < 1.29 is 0 Å². The summed E-state index contributed by atoms with van der Waals surface area (Å²) in [6.45, 7) is 8.09. The number of nitrogens with zero attached hydrogens (tertiary/aromatic N) is 3. The van der Waals surface area contributed by atoms with Crippen molar-refractivity contribution in [2.45, 2.75) is 45.4 Å². The summed E-state index contributed by atoms with van der Waals surface area (Å²) in [5, 5.41) is 1.22. The second-order valence-electron chi connectivity index (χ2n) is 6.96. The Morgan fingerprint density at radius 2 is 1.58 bits per heavy atom. The summed E-state index contributed by atoms with van der Waals surface area (Å²) in [5.41, 5.74) is 1.10. The Hall–Kier alpha value is -1.61. The molecular formula is C21H31N3. The van der Waals surface area contributed by atoms with Gasteiger partial charge < -0.3 is 4.90 Å². The molecule has 3 rings (SSSR count). The lowest BCUT2D eigenvalue weighted by atomic mass is 10.1. The lowest BCUT2D eigenvalue weighted by Crippen LogP contribution is -2.46. The molecule has 2 aromatic rings. The monoisotopic (exact) mass is 325 g/mol. The highest BCUT2D eigenvalue weighted by atomic mass is 15.3. The van der Waals surface area contributed by atoms with E-state index in [1.54, 1.807) is 0 Å². The molecule has 130 valence electrons. The van der Waals surface area contributed by atoms with E-state index in [4.69, 9.17) is 4.98 Å². The molecule has 0 spiro atoms. The van der Waals surface area contributed by atoms with E-state index in [1.165, 1.54) is 63.5 Å². The maximum Gasteiger partial charge on any atom is 0.129 e. The van der Waals surface area contributed by atoms with E-state index in [0.29, 0.717) is 0 Å². The molecule has 0 N–H and O–H groups in total. The molecule has 0 saturated carbocycles. The molecule has 1 fully saturated rings. The van der Waals surface area contributed by atoms with Crippen molar-refractivity contribution in [1.29, 1.82) is 0 Å². The van der Waals surface area contributed by atoms with Crippen LogP contribution in [-0.4, -0.2) is 42.6 Å². The molecule has 3 nitrogen and oxygen atoms in total. The Kier molecular flexibility index (Phi) is 6.48. The summed E-state index contributed by atoms with van der Waals surface area (Å²) >= 11 is 0. The van der Waals surface area contributed by atoms with Crippen LogP contribution in [0.4, 0.5) is 5.82 Å². The van der Waals surface area contributed by atoms with Gasteiger partial charge in [0.05, 0.1) is 5.52 Å². The Balaban J connectivity index is 1.42. The zero-order valence-electron chi connectivity index (χ0n) is 15.1. The van der Waals surface area contributed by atoms with E-state index in [2.05, 4.69) is 53.1 Å². The highest BCUT2D eigenvalue weighted by molar-refractivity contribution is 5.80. The largest absolute Gasteiger partial charge is 0.354 e. The highest BCUT2D eigenvalue weighted by Gasteiger charge is 2.17. The predicted molar refractivity (Wildman–Crippen MR) is 104 cm³/mol. The SMILES string of the molecule is CCCCCCCCN1CCN(c2ccc3ccccc3n2)CC1. The molecule has 0 aliphatic carbocycles. The number of para-hydroxylation sites is 1. The second kappa shape index (κ2) is 9.03. The molecule has 0 amide bonds. The van der Waals surface area contributed by atoms with Gasteiger partial charge in [-0.1, -0.05) is 57.2 Å². The van der Waals surface area contributed by atoms with E-state index in [0.717, 1.165) is 24.4 Å². The van der Waals surface area contributed by atoms with Crippen molar-refractivity contribution in [3.8, 4) is 0 Å². The van der Waals surface area contributed by atoms with Gasteiger partial charge in [-0.15, -0.1) is 0 Å². The van der Waals surface area contributed by atoms with Gasteiger partial charge in [0.2, 0.25) is 0 Å². The number of benzene rings is 1. The second-order valence-corrected chi connectivity index (χ2v) is 6.96. The fourth-order valence-corrected chi connectivity index (χ4v) is 3.55. The van der Waals surface area contributed by atoms with Crippen molar-refractivity contribution in [2.24, 2.45) is 0 Å². The van der Waals surface area contributed by atoms with Crippen molar-refractivity contribution in [3.05, 3.63) is 36.4 Å². The third-order valence-electron chi connectivity index (χ3n) is 5.11. The van der Waals surface area contributed by atoms with Gasteiger partial charge in [0.15, 0.2) is 0 Å². The molecule has 0 bridgehead atoms. The number of fused-ring (bicyclic) bond motifs is 1. The maximum absolute atomic E-state index is 4.84. The number of pyridine rings is 1. The first kappa shape index (κ1) is 17.2. The molecule has 1 saturated heterocycles. The molecule has 1 aliphatic heterocycles. The molecule has 0 unspecified atom stereocenters. The van der Waals surface area contributed by atoms with E-state index >= 15 is 0 Å². The normalized spacial score (nSPS) is 16.0. The third-order valence-corrected chi connectivity index (χ3v) is 5.11. The van der Waals surface area contributed by atoms with Crippen LogP contribution in [0.15, 0.2) is 36.4 Å². The number of anilines is 1. The minimum Gasteiger partial charge on any atom is -0.354 e. The van der Waals surface area contributed by atoms with Gasteiger partial charge in [-0.25, -0.2) is 4.98 Å². The Morgan fingerprint density at radius 1 is 0.833 bits per heavy atom. The number of piperazine rings is 1. The van der Waals surface area contributed by atoms with E-state index in [9.17, 15) is 0 Å². The van der Waals surface area contributed by atoms with Gasteiger partial charge in [-0.2, -0.15) is 0 Å². The minimum atomic E-state index is 1.10. The molecule has 2 heterocycles. The fourth-order valence-electron chi connectivity index (χ4n) is 3.55. The van der Waals surface area contributed by atoms with Gasteiger partial charge in [0.25, 0.3) is 0 Å². The molecular weight excluding hydrogens is 294 g/mol. The number of aromatic nitrogens is 1. The Morgan fingerprint density at radius 3 is 2.42 bits per heavy atom. The average Bonchev–Trinajstić information content (AvgIpc) is 2.65. The molecule has 3 heteroatoms. The molecule has 0 atom stereocenters. The first-order valence-electron chi connectivity index (χ1n) is 9.70. The van der Waals surface area contributed by atoms with Crippen LogP contribution < -0.4 is 4.90 Å². The lowest BCUT2D eigenvalue weighted by molar-refractivity contribution is 0.251. The summed E-state index contributed by atoms with van der Waals surface area (Å²) in [6.07, 6.45) is 8.32. The van der Waals surface area contributed by atoms with Gasteiger partial charge >= 0.3 is 0 Å². The summed E-state index contributed by atoms with van der Waals surface area (Å²) < 4.78 is 0. The van der Waals surface area contributed by atoms with Crippen molar-refractivity contribution in [1.82, 2.24) is 9.88 Å². The van der Waals surface area contributed by atoms with Crippen LogP contribution in [0.2, 0.25) is 0 Å². The first-order valence-corrected chi connectivity index (χ1v) is 9.70. The summed E-state index contributed by atoms with van der Waals surface area (Å²) in [6, 6.07) is 12.7. The van der Waals surface area contributed by atoms with Crippen LogP contribution in [0.5, 0.6) is 0 Å². The fraction of sp³-hybridized carbons (Fsp3) is 0.571. The van der Waals surface area contributed by atoms with Crippen molar-refractivity contribution in [2.75, 3.05) is 37.6 Å². The minimum absolute atomic E-state index is 1.10. The highest BCUT2D eigenvalue weighted by Crippen LogP contribution is 2.19. The van der Waals surface area contributed by atoms with Crippen LogP contribution in [0.1, 0.15) is 45.4 Å². The zero-order chi connectivity index (χ0) is 16.6. The van der Waals surface area contributed by atoms with Crippen LogP contribution in [0.25, 0.3) is 10.9 Å². The third kappa shape index (κ3) is 4.70.